The average molecular weight is 251 g/mol. The maximum Gasteiger partial charge on any atom is 0.324 e. The van der Waals surface area contributed by atoms with Crippen LogP contribution in [0.25, 0.3) is 0 Å². The van der Waals surface area contributed by atoms with Gasteiger partial charge in [-0.05, 0) is 33.6 Å². The third-order valence-corrected chi connectivity index (χ3v) is 5.02. The molecule has 0 aliphatic carbocycles. The molecule has 0 aliphatic rings. The summed E-state index contributed by atoms with van der Waals surface area (Å²) >= 11 is 0. The molecule has 0 fully saturated rings. The Hall–Kier alpha value is -0.620. The van der Waals surface area contributed by atoms with Gasteiger partial charge in [0.1, 0.15) is 5.54 Å². The predicted molar refractivity (Wildman–Crippen MR) is 62.8 cm³/mol. The first-order valence-corrected chi connectivity index (χ1v) is 6.77. The molecule has 0 bridgehead atoms. The second-order valence-electron chi connectivity index (χ2n) is 4.81. The molecule has 0 unspecified atom stereocenters. The summed E-state index contributed by atoms with van der Waals surface area (Å²) in [5.41, 5.74) is -1.40. The van der Waals surface area contributed by atoms with Crippen molar-refractivity contribution in [2.45, 2.75) is 57.7 Å². The second kappa shape index (κ2) is 4.71. The zero-order valence-electron chi connectivity index (χ0n) is 10.5. The Balaban J connectivity index is 5.29. The minimum atomic E-state index is -3.66. The van der Waals surface area contributed by atoms with Gasteiger partial charge >= 0.3 is 5.97 Å². The lowest BCUT2D eigenvalue weighted by Gasteiger charge is -2.31. The molecule has 5 nitrogen and oxygen atoms in total. The minimum Gasteiger partial charge on any atom is -0.480 e. The summed E-state index contributed by atoms with van der Waals surface area (Å²) < 4.78 is 25.1. The molecule has 0 radical (unpaired) electrons. The third kappa shape index (κ3) is 2.95. The fourth-order valence-electron chi connectivity index (χ4n) is 1.15. The summed E-state index contributed by atoms with van der Waals surface area (Å²) in [6, 6.07) is 0. The van der Waals surface area contributed by atoms with Crippen molar-refractivity contribution in [3.05, 3.63) is 0 Å². The number of carboxylic acids is 1. The average Bonchev–Trinajstić information content (AvgIpc) is 2.12. The van der Waals surface area contributed by atoms with Gasteiger partial charge < -0.3 is 5.11 Å². The topological polar surface area (TPSA) is 83.5 Å². The lowest BCUT2D eigenvalue weighted by atomic mass is 9.95. The van der Waals surface area contributed by atoms with Crippen molar-refractivity contribution in [1.82, 2.24) is 4.72 Å². The largest absolute Gasteiger partial charge is 0.480 e. The Morgan fingerprint density at radius 3 is 1.75 bits per heavy atom. The van der Waals surface area contributed by atoms with Crippen molar-refractivity contribution in [2.24, 2.45) is 0 Å². The van der Waals surface area contributed by atoms with Crippen LogP contribution in [-0.2, 0) is 14.8 Å². The van der Waals surface area contributed by atoms with E-state index < -0.39 is 26.3 Å². The zero-order valence-corrected chi connectivity index (χ0v) is 11.3. The summed E-state index contributed by atoms with van der Waals surface area (Å²) in [4.78, 5) is 11.2. The summed E-state index contributed by atoms with van der Waals surface area (Å²) in [6.45, 7) is 7.92. The van der Waals surface area contributed by atoms with E-state index in [1.165, 1.54) is 20.8 Å². The number of hydrogen-bond donors (Lipinski definition) is 2. The van der Waals surface area contributed by atoms with Crippen LogP contribution < -0.4 is 4.72 Å². The molecule has 0 aromatic rings. The number of aliphatic carboxylic acids is 1. The number of nitrogens with one attached hydrogen (secondary N) is 1. The van der Waals surface area contributed by atoms with Crippen LogP contribution in [-0.4, -0.2) is 29.8 Å². The lowest BCUT2D eigenvalue weighted by Crippen LogP contribution is -2.57. The number of carbonyl (C=O) groups is 1. The molecule has 0 atom stereocenters. The molecule has 0 saturated carbocycles. The maximum absolute atomic E-state index is 11.9. The van der Waals surface area contributed by atoms with Gasteiger partial charge in [-0.3, -0.25) is 4.79 Å². The first-order valence-electron chi connectivity index (χ1n) is 5.29. The number of sulfonamides is 1. The van der Waals surface area contributed by atoms with E-state index in [4.69, 9.17) is 5.11 Å². The quantitative estimate of drug-likeness (QED) is 0.772. The van der Waals surface area contributed by atoms with Crippen LogP contribution in [0.4, 0.5) is 0 Å². The van der Waals surface area contributed by atoms with Gasteiger partial charge in [-0.15, -0.1) is 0 Å². The molecule has 0 rings (SSSR count). The number of rotatable bonds is 5. The van der Waals surface area contributed by atoms with E-state index in [1.54, 1.807) is 13.8 Å². The van der Waals surface area contributed by atoms with E-state index in [9.17, 15) is 13.2 Å². The molecule has 16 heavy (non-hydrogen) atoms. The normalized spacial score (nSPS) is 13.8. The second-order valence-corrected chi connectivity index (χ2v) is 7.25. The molecule has 2 N–H and O–H groups in total. The van der Waals surface area contributed by atoms with Crippen molar-refractivity contribution >= 4 is 16.0 Å². The van der Waals surface area contributed by atoms with Gasteiger partial charge in [0.15, 0.2) is 0 Å². The maximum atomic E-state index is 11.9. The summed E-state index contributed by atoms with van der Waals surface area (Å²) in [5, 5.41) is 9.13. The van der Waals surface area contributed by atoms with Gasteiger partial charge in [0.05, 0.1) is 4.75 Å². The Kier molecular flexibility index (Phi) is 4.53. The van der Waals surface area contributed by atoms with Gasteiger partial charge in [-0.2, -0.15) is 4.72 Å². The molecule has 0 aliphatic heterocycles. The van der Waals surface area contributed by atoms with Gasteiger partial charge in [-0.1, -0.05) is 13.8 Å². The Morgan fingerprint density at radius 1 is 1.19 bits per heavy atom. The molecule has 0 aromatic carbocycles. The van der Waals surface area contributed by atoms with E-state index in [0.29, 0.717) is 0 Å². The monoisotopic (exact) mass is 251 g/mol. The lowest BCUT2D eigenvalue weighted by molar-refractivity contribution is -0.144. The highest BCUT2D eigenvalue weighted by Crippen LogP contribution is 2.22. The van der Waals surface area contributed by atoms with Gasteiger partial charge in [0.2, 0.25) is 10.0 Å². The zero-order chi connectivity index (χ0) is 13.2. The molecule has 96 valence electrons. The van der Waals surface area contributed by atoms with Crippen molar-refractivity contribution in [3.63, 3.8) is 0 Å². The Labute approximate surface area is 97.3 Å². The van der Waals surface area contributed by atoms with Crippen LogP contribution in [0.15, 0.2) is 0 Å². The predicted octanol–water partition coefficient (Wildman–Crippen LogP) is 1.35. The van der Waals surface area contributed by atoms with Crippen LogP contribution in [0, 0.1) is 0 Å². The first kappa shape index (κ1) is 15.4. The van der Waals surface area contributed by atoms with Crippen LogP contribution in [0.1, 0.15) is 47.5 Å². The van der Waals surface area contributed by atoms with Crippen LogP contribution in [0.5, 0.6) is 0 Å². The summed E-state index contributed by atoms with van der Waals surface area (Å²) in [5.74, 6) is -1.13. The fourth-order valence-corrected chi connectivity index (χ4v) is 2.35. The van der Waals surface area contributed by atoms with Crippen LogP contribution in [0.2, 0.25) is 0 Å². The molecule has 0 saturated heterocycles. The summed E-state index contributed by atoms with van der Waals surface area (Å²) in [6.07, 6.45) is 0.433. The molecule has 0 amide bonds. The van der Waals surface area contributed by atoms with E-state index in [0.717, 1.165) is 0 Å². The summed E-state index contributed by atoms with van der Waals surface area (Å²) in [7, 11) is -3.66. The van der Waals surface area contributed by atoms with E-state index in [2.05, 4.69) is 4.72 Å². The number of carboxylic acid groups (broad SMARTS) is 1. The fraction of sp³-hybridized carbons (Fsp3) is 0.900. The smallest absolute Gasteiger partial charge is 0.324 e. The molecule has 0 aromatic heterocycles. The van der Waals surface area contributed by atoms with Crippen LogP contribution in [0.3, 0.4) is 0 Å². The van der Waals surface area contributed by atoms with Crippen LogP contribution >= 0.6 is 0 Å². The van der Waals surface area contributed by atoms with E-state index in [1.807, 2.05) is 0 Å². The minimum absolute atomic E-state index is 0.216. The Bertz CT molecular complexity index is 350. The van der Waals surface area contributed by atoms with E-state index in [-0.39, 0.29) is 12.8 Å². The van der Waals surface area contributed by atoms with E-state index >= 15 is 0 Å². The molecular weight excluding hydrogens is 230 g/mol. The van der Waals surface area contributed by atoms with Gasteiger partial charge in [0.25, 0.3) is 0 Å². The standard InChI is InChI=1S/C10H21NO4S/c1-6-10(7-2,8(12)13)11-16(14,15)9(3,4)5/h11H,6-7H2,1-5H3,(H,12,13). The van der Waals surface area contributed by atoms with Crippen molar-refractivity contribution in [3.8, 4) is 0 Å². The van der Waals surface area contributed by atoms with Crippen molar-refractivity contribution < 1.29 is 18.3 Å². The number of hydrogen-bond acceptors (Lipinski definition) is 3. The molecule has 6 heteroatoms. The molecular formula is C10H21NO4S. The first-order chi connectivity index (χ1) is 7.02. The van der Waals surface area contributed by atoms with Crippen molar-refractivity contribution in [1.29, 1.82) is 0 Å². The van der Waals surface area contributed by atoms with Gasteiger partial charge in [0, 0.05) is 0 Å². The third-order valence-electron chi connectivity index (χ3n) is 2.75. The highest BCUT2D eigenvalue weighted by Gasteiger charge is 2.42. The molecule has 0 spiro atoms. The Morgan fingerprint density at radius 2 is 1.56 bits per heavy atom. The molecule has 0 heterocycles. The van der Waals surface area contributed by atoms with Crippen molar-refractivity contribution in [2.75, 3.05) is 0 Å². The highest BCUT2D eigenvalue weighted by molar-refractivity contribution is 7.90. The SMILES string of the molecule is CCC(CC)(NS(=O)(=O)C(C)(C)C)C(=O)O. The van der Waals surface area contributed by atoms with Gasteiger partial charge in [-0.25, -0.2) is 8.42 Å². The highest BCUT2D eigenvalue weighted by atomic mass is 32.2.